The van der Waals surface area contributed by atoms with E-state index in [1.807, 2.05) is 0 Å². The fourth-order valence-corrected chi connectivity index (χ4v) is 1.76. The maximum Gasteiger partial charge on any atom is 0.292 e. The molecule has 5 nitrogen and oxygen atoms in total. The summed E-state index contributed by atoms with van der Waals surface area (Å²) in [5.41, 5.74) is 0.290. The summed E-state index contributed by atoms with van der Waals surface area (Å²) in [5, 5.41) is 13.7. The molecule has 0 radical (unpaired) electrons. The summed E-state index contributed by atoms with van der Waals surface area (Å²) in [6.07, 6.45) is 2.49. The molecule has 0 spiro atoms. The molecule has 0 bridgehead atoms. The van der Waals surface area contributed by atoms with Crippen molar-refractivity contribution in [3.05, 3.63) is 64.0 Å². The number of hydrogen-bond acceptors (Lipinski definition) is 4. The number of nitro benzene ring substituents is 1. The lowest BCUT2D eigenvalue weighted by Crippen LogP contribution is -2.09. The average Bonchev–Trinajstić information content (AvgIpc) is 2.38. The van der Waals surface area contributed by atoms with Crippen LogP contribution < -0.4 is 5.32 Å². The lowest BCUT2D eigenvalue weighted by Gasteiger charge is -2.15. The molecule has 1 atom stereocenters. The normalized spacial score (nSPS) is 11.9. The second-order valence-electron chi connectivity index (χ2n) is 4.22. The molecule has 1 aromatic carbocycles. The Kier molecular flexibility index (Phi) is 3.88. The van der Waals surface area contributed by atoms with Crippen LogP contribution in [0.2, 0.25) is 0 Å². The van der Waals surface area contributed by atoms with Crippen LogP contribution in [-0.4, -0.2) is 9.91 Å². The van der Waals surface area contributed by atoms with Crippen LogP contribution in [0.25, 0.3) is 0 Å². The number of nitro groups is 1. The minimum Gasteiger partial charge on any atom is -0.373 e. The van der Waals surface area contributed by atoms with Gasteiger partial charge in [0.05, 0.1) is 17.2 Å². The largest absolute Gasteiger partial charge is 0.373 e. The van der Waals surface area contributed by atoms with Crippen LogP contribution in [0.15, 0.2) is 36.7 Å². The highest BCUT2D eigenvalue weighted by Gasteiger charge is 2.17. The van der Waals surface area contributed by atoms with Crippen LogP contribution >= 0.6 is 0 Å². The molecule has 1 unspecified atom stereocenters. The van der Waals surface area contributed by atoms with E-state index in [1.165, 1.54) is 12.3 Å². The Labute approximate surface area is 113 Å². The smallest absolute Gasteiger partial charge is 0.292 e. The Morgan fingerprint density at radius 1 is 1.25 bits per heavy atom. The maximum absolute atomic E-state index is 13.2. The van der Waals surface area contributed by atoms with E-state index >= 15 is 0 Å². The van der Waals surface area contributed by atoms with E-state index in [-0.39, 0.29) is 11.4 Å². The third-order valence-electron chi connectivity index (χ3n) is 2.75. The molecule has 0 aliphatic rings. The van der Waals surface area contributed by atoms with Gasteiger partial charge >= 0.3 is 0 Å². The van der Waals surface area contributed by atoms with E-state index in [1.54, 1.807) is 6.92 Å². The molecule has 20 heavy (non-hydrogen) atoms. The summed E-state index contributed by atoms with van der Waals surface area (Å²) in [6, 6.07) is 3.92. The first-order valence-corrected chi connectivity index (χ1v) is 5.78. The van der Waals surface area contributed by atoms with E-state index < -0.39 is 22.6 Å². The lowest BCUT2D eigenvalue weighted by atomic mass is 10.1. The molecule has 0 saturated carbocycles. The SMILES string of the molecule is CC(Nc1cc(F)ccc1[N+](=O)[O-])c1cncc(F)c1. The highest BCUT2D eigenvalue weighted by molar-refractivity contribution is 5.62. The fraction of sp³-hybridized carbons (Fsp3) is 0.154. The van der Waals surface area contributed by atoms with Gasteiger partial charge in [-0.25, -0.2) is 8.78 Å². The van der Waals surface area contributed by atoms with Gasteiger partial charge in [-0.15, -0.1) is 0 Å². The van der Waals surface area contributed by atoms with Gasteiger partial charge in [0.1, 0.15) is 17.3 Å². The van der Waals surface area contributed by atoms with E-state index in [9.17, 15) is 18.9 Å². The molecule has 0 amide bonds. The van der Waals surface area contributed by atoms with Crippen LogP contribution in [0.1, 0.15) is 18.5 Å². The summed E-state index contributed by atoms with van der Waals surface area (Å²) in [4.78, 5) is 14.0. The van der Waals surface area contributed by atoms with E-state index in [2.05, 4.69) is 10.3 Å². The standard InChI is InChI=1S/C13H11F2N3O2/c1-8(9-4-11(15)7-16-6-9)17-12-5-10(14)2-3-13(12)18(19)20/h2-8,17H,1H3. The average molecular weight is 279 g/mol. The molecule has 1 aromatic heterocycles. The van der Waals surface area contributed by atoms with Crippen molar-refractivity contribution in [3.8, 4) is 0 Å². The van der Waals surface area contributed by atoms with E-state index in [0.29, 0.717) is 5.56 Å². The number of nitrogens with zero attached hydrogens (tertiary/aromatic N) is 2. The Balaban J connectivity index is 2.29. The van der Waals surface area contributed by atoms with Gasteiger partial charge in [0.2, 0.25) is 0 Å². The van der Waals surface area contributed by atoms with Gasteiger partial charge in [-0.1, -0.05) is 0 Å². The van der Waals surface area contributed by atoms with Gasteiger partial charge in [-0.2, -0.15) is 0 Å². The molecule has 7 heteroatoms. The number of pyridine rings is 1. The Bertz CT molecular complexity index is 649. The number of aromatic nitrogens is 1. The van der Waals surface area contributed by atoms with Crippen molar-refractivity contribution in [1.82, 2.24) is 4.98 Å². The Morgan fingerprint density at radius 2 is 2.00 bits per heavy atom. The van der Waals surface area contributed by atoms with Crippen molar-refractivity contribution < 1.29 is 13.7 Å². The number of anilines is 1. The van der Waals surface area contributed by atoms with Crippen LogP contribution in [0.3, 0.4) is 0 Å². The molecule has 2 rings (SSSR count). The molecule has 0 saturated heterocycles. The van der Waals surface area contributed by atoms with Gasteiger partial charge in [0.25, 0.3) is 5.69 Å². The number of hydrogen-bond donors (Lipinski definition) is 1. The Hall–Kier alpha value is -2.57. The first kappa shape index (κ1) is 13.9. The topological polar surface area (TPSA) is 68.1 Å². The first-order chi connectivity index (χ1) is 9.47. The van der Waals surface area contributed by atoms with Gasteiger partial charge in [0.15, 0.2) is 0 Å². The predicted molar refractivity (Wildman–Crippen MR) is 69.3 cm³/mol. The van der Waals surface area contributed by atoms with Crippen molar-refractivity contribution in [3.63, 3.8) is 0 Å². The quantitative estimate of drug-likeness (QED) is 0.687. The van der Waals surface area contributed by atoms with Crippen molar-refractivity contribution in [1.29, 1.82) is 0 Å². The van der Waals surface area contributed by atoms with Gasteiger partial charge < -0.3 is 5.32 Å². The second kappa shape index (κ2) is 5.60. The number of nitrogens with one attached hydrogen (secondary N) is 1. The van der Waals surface area contributed by atoms with Crippen molar-refractivity contribution >= 4 is 11.4 Å². The van der Waals surface area contributed by atoms with Gasteiger partial charge in [-0.3, -0.25) is 15.1 Å². The molecule has 0 fully saturated rings. The molecular formula is C13H11F2N3O2. The number of benzene rings is 1. The zero-order valence-corrected chi connectivity index (χ0v) is 10.5. The Morgan fingerprint density at radius 3 is 2.65 bits per heavy atom. The van der Waals surface area contributed by atoms with Crippen LogP contribution in [0, 0.1) is 21.7 Å². The van der Waals surface area contributed by atoms with Crippen LogP contribution in [0.5, 0.6) is 0 Å². The molecule has 2 aromatic rings. The van der Waals surface area contributed by atoms with E-state index in [0.717, 1.165) is 24.4 Å². The highest BCUT2D eigenvalue weighted by Crippen LogP contribution is 2.28. The summed E-state index contributed by atoms with van der Waals surface area (Å²) in [6.45, 7) is 1.67. The van der Waals surface area contributed by atoms with E-state index in [4.69, 9.17) is 0 Å². The van der Waals surface area contributed by atoms with Crippen LogP contribution in [-0.2, 0) is 0 Å². The van der Waals surface area contributed by atoms with Gasteiger partial charge in [-0.05, 0) is 24.6 Å². The zero-order chi connectivity index (χ0) is 14.7. The summed E-state index contributed by atoms with van der Waals surface area (Å²) in [7, 11) is 0. The minimum atomic E-state index is -0.613. The molecule has 104 valence electrons. The van der Waals surface area contributed by atoms with Gasteiger partial charge in [0, 0.05) is 18.3 Å². The summed E-state index contributed by atoms with van der Waals surface area (Å²) in [5.74, 6) is -1.10. The minimum absolute atomic E-state index is 0.0340. The third-order valence-corrected chi connectivity index (χ3v) is 2.75. The molecule has 1 N–H and O–H groups in total. The van der Waals surface area contributed by atoms with Crippen LogP contribution in [0.4, 0.5) is 20.2 Å². The molecule has 0 aliphatic carbocycles. The molecule has 0 aliphatic heterocycles. The number of rotatable bonds is 4. The molecular weight excluding hydrogens is 268 g/mol. The summed E-state index contributed by atoms with van der Waals surface area (Å²) < 4.78 is 26.3. The third kappa shape index (κ3) is 3.05. The van der Waals surface area contributed by atoms with Crippen molar-refractivity contribution in [2.24, 2.45) is 0 Å². The predicted octanol–water partition coefficient (Wildman–Crippen LogP) is 3.44. The lowest BCUT2D eigenvalue weighted by molar-refractivity contribution is -0.384. The monoisotopic (exact) mass is 279 g/mol. The maximum atomic E-state index is 13.2. The number of halogens is 2. The second-order valence-corrected chi connectivity index (χ2v) is 4.22. The first-order valence-electron chi connectivity index (χ1n) is 5.78. The van der Waals surface area contributed by atoms with Crippen molar-refractivity contribution in [2.45, 2.75) is 13.0 Å². The highest BCUT2D eigenvalue weighted by atomic mass is 19.1. The summed E-state index contributed by atoms with van der Waals surface area (Å²) >= 11 is 0. The van der Waals surface area contributed by atoms with Crippen molar-refractivity contribution in [2.75, 3.05) is 5.32 Å². The zero-order valence-electron chi connectivity index (χ0n) is 10.5. The molecule has 1 heterocycles. The fourth-order valence-electron chi connectivity index (χ4n) is 1.76.